The smallest absolute Gasteiger partial charge is 0.305 e. The average molecular weight is 495 g/mol. The highest BCUT2D eigenvalue weighted by molar-refractivity contribution is 5.69. The van der Waals surface area contributed by atoms with Crippen molar-refractivity contribution in [1.82, 2.24) is 0 Å². The molecule has 0 aromatic rings. The van der Waals surface area contributed by atoms with E-state index < -0.39 is 5.97 Å². The van der Waals surface area contributed by atoms with Gasteiger partial charge in [-0.25, -0.2) is 0 Å². The summed E-state index contributed by atoms with van der Waals surface area (Å²) >= 11 is 0. The second-order valence-electron chi connectivity index (χ2n) is 6.86. The van der Waals surface area contributed by atoms with Gasteiger partial charge < -0.3 is 43.0 Å². The number of hydrogen-bond donors (Lipinski definition) is 1. The number of hydrogen-bond acceptors (Lipinski definition) is 10. The highest BCUT2D eigenvalue weighted by Gasteiger charge is 2.04. The molecule has 200 valence electrons. The molecule has 11 nitrogen and oxygen atoms in total. The number of esters is 1. The normalized spacial score (nSPS) is 10.9. The zero-order chi connectivity index (χ0) is 25.0. The first kappa shape index (κ1) is 32.4. The summed E-state index contributed by atoms with van der Waals surface area (Å²) in [6.45, 7) is 10.4. The summed E-state index contributed by atoms with van der Waals surface area (Å²) in [5.41, 5.74) is 0. The summed E-state index contributed by atoms with van der Waals surface area (Å²) in [6.07, 6.45) is 2.96. The minimum Gasteiger partial charge on any atom is -0.481 e. The molecule has 0 aliphatic heterocycles. The van der Waals surface area contributed by atoms with Crippen LogP contribution >= 0.6 is 0 Å². The Bertz CT molecular complexity index is 474. The van der Waals surface area contributed by atoms with Crippen LogP contribution < -0.4 is 0 Å². The SMILES string of the molecule is C=CCOCCOCCOCCOCCOCCOCCOCCOC(=O)CCCCC(=O)O. The van der Waals surface area contributed by atoms with Gasteiger partial charge in [0.15, 0.2) is 0 Å². The van der Waals surface area contributed by atoms with Gasteiger partial charge in [-0.3, -0.25) is 9.59 Å². The van der Waals surface area contributed by atoms with Crippen molar-refractivity contribution < 1.29 is 52.6 Å². The molecule has 0 saturated carbocycles. The number of carboxylic acids is 1. The molecule has 0 heterocycles. The molecular formula is C23H42O11. The van der Waals surface area contributed by atoms with Crippen LogP contribution in [0.15, 0.2) is 12.7 Å². The maximum Gasteiger partial charge on any atom is 0.305 e. The first-order valence-electron chi connectivity index (χ1n) is 11.7. The van der Waals surface area contributed by atoms with Gasteiger partial charge in [-0.2, -0.15) is 0 Å². The van der Waals surface area contributed by atoms with Crippen LogP contribution in [0.5, 0.6) is 0 Å². The van der Waals surface area contributed by atoms with Crippen molar-refractivity contribution in [2.45, 2.75) is 25.7 Å². The minimum absolute atomic E-state index is 0.0656. The number of ether oxygens (including phenoxy) is 8. The first-order chi connectivity index (χ1) is 16.7. The molecule has 0 aromatic heterocycles. The largest absolute Gasteiger partial charge is 0.481 e. The molecule has 0 saturated heterocycles. The van der Waals surface area contributed by atoms with Crippen LogP contribution in [0.25, 0.3) is 0 Å². The van der Waals surface area contributed by atoms with Crippen LogP contribution in [-0.2, 0) is 47.5 Å². The predicted octanol–water partition coefficient (Wildman–Crippen LogP) is 1.48. The van der Waals surface area contributed by atoms with Crippen LogP contribution in [0.3, 0.4) is 0 Å². The Morgan fingerprint density at radius 2 is 0.912 bits per heavy atom. The van der Waals surface area contributed by atoms with E-state index in [0.717, 1.165) is 0 Å². The van der Waals surface area contributed by atoms with Gasteiger partial charge in [0.25, 0.3) is 0 Å². The molecule has 0 aromatic carbocycles. The van der Waals surface area contributed by atoms with Gasteiger partial charge >= 0.3 is 11.9 Å². The zero-order valence-electron chi connectivity index (χ0n) is 20.2. The van der Waals surface area contributed by atoms with Crippen LogP contribution in [-0.4, -0.2) is 116 Å². The molecule has 0 atom stereocenters. The predicted molar refractivity (Wildman–Crippen MR) is 123 cm³/mol. The van der Waals surface area contributed by atoms with Crippen molar-refractivity contribution in [3.05, 3.63) is 12.7 Å². The van der Waals surface area contributed by atoms with E-state index in [2.05, 4.69) is 6.58 Å². The average Bonchev–Trinajstić information content (AvgIpc) is 2.82. The Hall–Kier alpha value is -1.60. The molecule has 0 amide bonds. The topological polar surface area (TPSA) is 128 Å². The van der Waals surface area contributed by atoms with Crippen molar-refractivity contribution in [2.24, 2.45) is 0 Å². The van der Waals surface area contributed by atoms with E-state index in [1.54, 1.807) is 6.08 Å². The number of rotatable bonds is 28. The number of unbranched alkanes of at least 4 members (excludes halogenated alkanes) is 1. The van der Waals surface area contributed by atoms with E-state index in [1.807, 2.05) is 0 Å². The van der Waals surface area contributed by atoms with Crippen LogP contribution in [0.2, 0.25) is 0 Å². The Morgan fingerprint density at radius 1 is 0.559 bits per heavy atom. The monoisotopic (exact) mass is 494 g/mol. The van der Waals surface area contributed by atoms with E-state index in [-0.39, 0.29) is 25.4 Å². The number of carbonyl (C=O) groups is 2. The van der Waals surface area contributed by atoms with Crippen molar-refractivity contribution in [3.63, 3.8) is 0 Å². The molecule has 0 rings (SSSR count). The highest BCUT2D eigenvalue weighted by Crippen LogP contribution is 2.01. The molecular weight excluding hydrogens is 452 g/mol. The number of aliphatic carboxylic acids is 1. The maximum absolute atomic E-state index is 11.4. The van der Waals surface area contributed by atoms with Crippen LogP contribution in [0.1, 0.15) is 25.7 Å². The summed E-state index contributed by atoms with van der Waals surface area (Å²) in [6, 6.07) is 0. The van der Waals surface area contributed by atoms with E-state index in [4.69, 9.17) is 43.0 Å². The Balaban J connectivity index is 3.10. The molecule has 1 N–H and O–H groups in total. The lowest BCUT2D eigenvalue weighted by Crippen LogP contribution is -2.15. The first-order valence-corrected chi connectivity index (χ1v) is 11.7. The molecule has 0 spiro atoms. The fraction of sp³-hybridized carbons (Fsp3) is 0.826. The minimum atomic E-state index is -0.859. The molecule has 0 aliphatic carbocycles. The lowest BCUT2D eigenvalue weighted by molar-refractivity contribution is -0.146. The zero-order valence-corrected chi connectivity index (χ0v) is 20.2. The van der Waals surface area contributed by atoms with Crippen molar-refractivity contribution in [3.8, 4) is 0 Å². The van der Waals surface area contributed by atoms with Crippen LogP contribution in [0, 0.1) is 0 Å². The number of carboxylic acid groups (broad SMARTS) is 1. The standard InChI is InChI=1S/C23H42O11/c1-2-7-27-8-9-28-10-11-29-12-13-30-14-15-31-16-17-32-18-19-33-20-21-34-23(26)6-4-3-5-22(24)25/h2H,1,3-21H2,(H,24,25). The lowest BCUT2D eigenvalue weighted by atomic mass is 10.2. The fourth-order valence-corrected chi connectivity index (χ4v) is 2.32. The fourth-order valence-electron chi connectivity index (χ4n) is 2.32. The summed E-state index contributed by atoms with van der Waals surface area (Å²) in [5.74, 6) is -1.20. The second-order valence-corrected chi connectivity index (χ2v) is 6.86. The Morgan fingerprint density at radius 3 is 1.29 bits per heavy atom. The summed E-state index contributed by atoms with van der Waals surface area (Å²) in [7, 11) is 0. The molecule has 0 bridgehead atoms. The number of carbonyl (C=O) groups excluding carboxylic acids is 1. The Kier molecular flexibility index (Phi) is 26.3. The van der Waals surface area contributed by atoms with Crippen molar-refractivity contribution in [2.75, 3.05) is 99.1 Å². The molecule has 0 unspecified atom stereocenters. The third kappa shape index (κ3) is 28.4. The van der Waals surface area contributed by atoms with E-state index in [0.29, 0.717) is 105 Å². The van der Waals surface area contributed by atoms with E-state index in [1.165, 1.54) is 0 Å². The van der Waals surface area contributed by atoms with Gasteiger partial charge in [0.1, 0.15) is 6.61 Å². The summed E-state index contributed by atoms with van der Waals surface area (Å²) in [4.78, 5) is 21.8. The molecule has 0 fully saturated rings. The molecule has 34 heavy (non-hydrogen) atoms. The third-order valence-corrected chi connectivity index (χ3v) is 3.98. The molecule has 11 heteroatoms. The van der Waals surface area contributed by atoms with Crippen molar-refractivity contribution in [1.29, 1.82) is 0 Å². The highest BCUT2D eigenvalue weighted by atomic mass is 16.6. The molecule has 0 aliphatic rings. The third-order valence-electron chi connectivity index (χ3n) is 3.98. The summed E-state index contributed by atoms with van der Waals surface area (Å²) < 4.78 is 42.4. The summed E-state index contributed by atoms with van der Waals surface area (Å²) in [5, 5.41) is 8.51. The van der Waals surface area contributed by atoms with Crippen molar-refractivity contribution >= 4 is 11.9 Å². The van der Waals surface area contributed by atoms with Gasteiger partial charge in [0.2, 0.25) is 0 Å². The molecule has 0 radical (unpaired) electrons. The van der Waals surface area contributed by atoms with Gasteiger partial charge in [0, 0.05) is 12.8 Å². The second kappa shape index (κ2) is 27.6. The maximum atomic E-state index is 11.4. The van der Waals surface area contributed by atoms with Gasteiger partial charge in [0.05, 0.1) is 92.5 Å². The lowest BCUT2D eigenvalue weighted by Gasteiger charge is -2.08. The quantitative estimate of drug-likeness (QED) is 0.0964. The van der Waals surface area contributed by atoms with Gasteiger partial charge in [-0.05, 0) is 12.8 Å². The Labute approximate surface area is 202 Å². The van der Waals surface area contributed by atoms with Crippen LogP contribution in [0.4, 0.5) is 0 Å². The van der Waals surface area contributed by atoms with Gasteiger partial charge in [-0.15, -0.1) is 6.58 Å². The van der Waals surface area contributed by atoms with E-state index in [9.17, 15) is 9.59 Å². The van der Waals surface area contributed by atoms with Gasteiger partial charge in [-0.1, -0.05) is 6.08 Å². The van der Waals surface area contributed by atoms with E-state index >= 15 is 0 Å².